The molecule has 0 amide bonds. The molecule has 0 heterocycles. The zero-order valence-electron chi connectivity index (χ0n) is 27.2. The maximum absolute atomic E-state index is 9.60. The summed E-state index contributed by atoms with van der Waals surface area (Å²) < 4.78 is 0. The van der Waals surface area contributed by atoms with Crippen LogP contribution in [-0.4, -0.2) is 0 Å². The van der Waals surface area contributed by atoms with Crippen molar-refractivity contribution in [3.8, 4) is 72.8 Å². The molecule has 0 fully saturated rings. The first-order valence-corrected chi connectivity index (χ1v) is 17.1. The van der Waals surface area contributed by atoms with Gasteiger partial charge in [0.15, 0.2) is 0 Å². The molecule has 0 saturated heterocycles. The minimum atomic E-state index is 0.667. The fraction of sp³-hybridized carbons (Fsp3) is 0. The average molecular weight is 632 g/mol. The number of fused-ring (bicyclic) bond motifs is 5. The molecular formula is C49H29N. The van der Waals surface area contributed by atoms with Crippen LogP contribution in [0.4, 0.5) is 0 Å². The van der Waals surface area contributed by atoms with Crippen molar-refractivity contribution in [1.29, 1.82) is 5.26 Å². The summed E-state index contributed by atoms with van der Waals surface area (Å²) in [6.45, 7) is 0. The van der Waals surface area contributed by atoms with E-state index in [-0.39, 0.29) is 0 Å². The highest BCUT2D eigenvalue weighted by Crippen LogP contribution is 2.58. The van der Waals surface area contributed by atoms with Crippen LogP contribution in [0.3, 0.4) is 0 Å². The first-order valence-electron chi connectivity index (χ1n) is 17.1. The molecule has 10 rings (SSSR count). The van der Waals surface area contributed by atoms with E-state index in [9.17, 15) is 5.26 Å². The number of rotatable bonds is 4. The molecule has 0 saturated carbocycles. The summed E-state index contributed by atoms with van der Waals surface area (Å²) in [5.74, 6) is 0. The number of nitrogens with zero attached hydrogens (tertiary/aromatic N) is 1. The van der Waals surface area contributed by atoms with Gasteiger partial charge in [0.2, 0.25) is 0 Å². The van der Waals surface area contributed by atoms with E-state index >= 15 is 0 Å². The van der Waals surface area contributed by atoms with Crippen LogP contribution in [0.5, 0.6) is 0 Å². The molecule has 0 atom stereocenters. The van der Waals surface area contributed by atoms with Crippen LogP contribution in [0.1, 0.15) is 5.56 Å². The van der Waals surface area contributed by atoms with E-state index < -0.39 is 0 Å². The summed E-state index contributed by atoms with van der Waals surface area (Å²) in [6.07, 6.45) is 0. The number of benzene rings is 9. The van der Waals surface area contributed by atoms with E-state index in [4.69, 9.17) is 0 Å². The van der Waals surface area contributed by atoms with Gasteiger partial charge in [0.25, 0.3) is 0 Å². The number of nitriles is 1. The lowest BCUT2D eigenvalue weighted by molar-refractivity contribution is 1.48. The number of hydrogen-bond acceptors (Lipinski definition) is 1. The standard InChI is InChI=1S/C49H29N/c50-30-31-13-11-18-34(29-31)35-25-26-38(37-20-8-7-19-36(35)37)39-27-28-44-47-40(39)23-12-24-43(47)48-45(32-14-3-1-4-15-32)41-21-9-10-22-42(41)46(49(44)48)33-16-5-2-6-17-33/h1-29H. The molecule has 0 N–H and O–H groups in total. The van der Waals surface area contributed by atoms with E-state index in [0.29, 0.717) is 5.56 Å². The van der Waals surface area contributed by atoms with Gasteiger partial charge >= 0.3 is 0 Å². The van der Waals surface area contributed by atoms with Crippen LogP contribution in [-0.2, 0) is 0 Å². The summed E-state index contributed by atoms with van der Waals surface area (Å²) >= 11 is 0. The molecule has 230 valence electrons. The first kappa shape index (κ1) is 28.3. The summed E-state index contributed by atoms with van der Waals surface area (Å²) in [7, 11) is 0. The summed E-state index contributed by atoms with van der Waals surface area (Å²) in [5, 5.41) is 17.1. The Hall–Kier alpha value is -6.75. The van der Waals surface area contributed by atoms with E-state index in [0.717, 1.165) is 11.1 Å². The molecular weight excluding hydrogens is 603 g/mol. The van der Waals surface area contributed by atoms with Crippen molar-refractivity contribution >= 4 is 32.3 Å². The Kier molecular flexibility index (Phi) is 6.31. The van der Waals surface area contributed by atoms with Crippen molar-refractivity contribution in [2.45, 2.75) is 0 Å². The normalized spacial score (nSPS) is 11.6. The molecule has 0 aromatic heterocycles. The van der Waals surface area contributed by atoms with Gasteiger partial charge in [-0.2, -0.15) is 5.26 Å². The Morgan fingerprint density at radius 1 is 0.300 bits per heavy atom. The highest BCUT2D eigenvalue weighted by atomic mass is 14.3. The zero-order chi connectivity index (χ0) is 33.2. The molecule has 9 aromatic carbocycles. The van der Waals surface area contributed by atoms with Gasteiger partial charge in [-0.15, -0.1) is 0 Å². The molecule has 1 aliphatic carbocycles. The lowest BCUT2D eigenvalue weighted by Gasteiger charge is -2.20. The summed E-state index contributed by atoms with van der Waals surface area (Å²) in [6, 6.07) is 65.6. The van der Waals surface area contributed by atoms with Crippen molar-refractivity contribution in [2.75, 3.05) is 0 Å². The molecule has 0 spiro atoms. The third kappa shape index (κ3) is 4.13. The van der Waals surface area contributed by atoms with E-state index in [1.807, 2.05) is 18.2 Å². The van der Waals surface area contributed by atoms with Gasteiger partial charge in [-0.05, 0) is 111 Å². The molecule has 50 heavy (non-hydrogen) atoms. The van der Waals surface area contributed by atoms with Gasteiger partial charge in [0.1, 0.15) is 0 Å². The van der Waals surface area contributed by atoms with Crippen LogP contribution >= 0.6 is 0 Å². The largest absolute Gasteiger partial charge is 0.192 e. The van der Waals surface area contributed by atoms with Gasteiger partial charge in [-0.25, -0.2) is 0 Å². The lowest BCUT2D eigenvalue weighted by Crippen LogP contribution is -1.93. The smallest absolute Gasteiger partial charge is 0.0991 e. The Balaban J connectivity index is 1.29. The molecule has 0 radical (unpaired) electrons. The quantitative estimate of drug-likeness (QED) is 0.190. The van der Waals surface area contributed by atoms with Crippen LogP contribution in [0.15, 0.2) is 176 Å². The van der Waals surface area contributed by atoms with Crippen molar-refractivity contribution in [2.24, 2.45) is 0 Å². The molecule has 9 aromatic rings. The molecule has 1 nitrogen and oxygen atoms in total. The third-order valence-corrected chi connectivity index (χ3v) is 10.4. The minimum absolute atomic E-state index is 0.667. The van der Waals surface area contributed by atoms with Crippen LogP contribution < -0.4 is 0 Å². The summed E-state index contributed by atoms with van der Waals surface area (Å²) in [5.41, 5.74) is 15.5. The lowest BCUT2D eigenvalue weighted by atomic mass is 9.82. The van der Waals surface area contributed by atoms with E-state index in [1.165, 1.54) is 88.0 Å². The fourth-order valence-corrected chi connectivity index (χ4v) is 8.39. The monoisotopic (exact) mass is 631 g/mol. The molecule has 1 heteroatoms. The van der Waals surface area contributed by atoms with Crippen LogP contribution in [0, 0.1) is 11.3 Å². The van der Waals surface area contributed by atoms with Crippen LogP contribution in [0.2, 0.25) is 0 Å². The highest BCUT2D eigenvalue weighted by molar-refractivity contribution is 6.29. The average Bonchev–Trinajstić information content (AvgIpc) is 3.52. The second kappa shape index (κ2) is 11.2. The van der Waals surface area contributed by atoms with Gasteiger partial charge in [0, 0.05) is 0 Å². The maximum Gasteiger partial charge on any atom is 0.0991 e. The van der Waals surface area contributed by atoms with Gasteiger partial charge < -0.3 is 0 Å². The van der Waals surface area contributed by atoms with Crippen LogP contribution in [0.25, 0.3) is 99.1 Å². The Morgan fingerprint density at radius 3 is 1.36 bits per heavy atom. The highest BCUT2D eigenvalue weighted by Gasteiger charge is 2.31. The fourth-order valence-electron chi connectivity index (χ4n) is 8.39. The van der Waals surface area contributed by atoms with Crippen molar-refractivity contribution in [3.63, 3.8) is 0 Å². The molecule has 0 bridgehead atoms. The topological polar surface area (TPSA) is 23.8 Å². The second-order valence-electron chi connectivity index (χ2n) is 13.1. The van der Waals surface area contributed by atoms with E-state index in [1.54, 1.807) is 0 Å². The summed E-state index contributed by atoms with van der Waals surface area (Å²) in [4.78, 5) is 0. The predicted octanol–water partition coefficient (Wildman–Crippen LogP) is 13.3. The SMILES string of the molecule is N#Cc1cccc(-c2ccc(-c3ccc4c5c(cccc35)-c3c-4c(-c4ccccc4)c4ccccc4c3-c3ccccc3)c3ccccc23)c1. The van der Waals surface area contributed by atoms with Crippen molar-refractivity contribution in [1.82, 2.24) is 0 Å². The Labute approximate surface area is 291 Å². The van der Waals surface area contributed by atoms with Gasteiger partial charge in [0.05, 0.1) is 11.6 Å². The first-order chi connectivity index (χ1) is 24.8. The van der Waals surface area contributed by atoms with Gasteiger partial charge in [-0.1, -0.05) is 164 Å². The zero-order valence-corrected chi connectivity index (χ0v) is 27.2. The Bertz CT molecular complexity index is 2760. The third-order valence-electron chi connectivity index (χ3n) is 10.4. The van der Waals surface area contributed by atoms with Gasteiger partial charge in [-0.3, -0.25) is 0 Å². The van der Waals surface area contributed by atoms with E-state index in [2.05, 4.69) is 164 Å². The minimum Gasteiger partial charge on any atom is -0.192 e. The molecule has 0 aliphatic heterocycles. The van der Waals surface area contributed by atoms with Crippen molar-refractivity contribution < 1.29 is 0 Å². The number of hydrogen-bond donors (Lipinski definition) is 0. The Morgan fingerprint density at radius 2 is 0.740 bits per heavy atom. The maximum atomic E-state index is 9.60. The predicted molar refractivity (Wildman–Crippen MR) is 210 cm³/mol. The van der Waals surface area contributed by atoms with Crippen molar-refractivity contribution in [3.05, 3.63) is 181 Å². The molecule has 1 aliphatic rings. The molecule has 0 unspecified atom stereocenters. The second-order valence-corrected chi connectivity index (χ2v) is 13.1.